The van der Waals surface area contributed by atoms with E-state index in [1.54, 1.807) is 0 Å². The summed E-state index contributed by atoms with van der Waals surface area (Å²) in [5.41, 5.74) is 3.99. The van der Waals surface area contributed by atoms with Crippen molar-refractivity contribution in [3.63, 3.8) is 0 Å². The molecule has 1 fully saturated rings. The molecule has 1 aromatic heterocycles. The first kappa shape index (κ1) is 21.7. The molecule has 4 aromatic rings. The third kappa shape index (κ3) is 4.81. The van der Waals surface area contributed by atoms with E-state index in [1.807, 2.05) is 66.7 Å². The summed E-state index contributed by atoms with van der Waals surface area (Å²) in [4.78, 5) is 20.8. The van der Waals surface area contributed by atoms with Crippen LogP contribution in [-0.2, 0) is 17.9 Å². The molecule has 0 radical (unpaired) electrons. The van der Waals surface area contributed by atoms with Gasteiger partial charge in [-0.25, -0.2) is 4.98 Å². The Hall–Kier alpha value is -3.11. The number of halogens is 1. The van der Waals surface area contributed by atoms with Crippen molar-refractivity contribution in [2.75, 3.05) is 0 Å². The normalized spacial score (nSPS) is 14.5. The molecule has 0 spiro atoms. The number of hydrogen-bond acceptors (Lipinski definition) is 2. The van der Waals surface area contributed by atoms with Gasteiger partial charge in [-0.15, -0.1) is 0 Å². The van der Waals surface area contributed by atoms with Gasteiger partial charge in [0.15, 0.2) is 0 Å². The van der Waals surface area contributed by atoms with Gasteiger partial charge in [0.1, 0.15) is 12.4 Å². The van der Waals surface area contributed by atoms with Gasteiger partial charge in [0.25, 0.3) is 0 Å². The molecule has 3 aromatic carbocycles. The van der Waals surface area contributed by atoms with Crippen molar-refractivity contribution >= 4 is 28.5 Å². The molecular formula is C28H28ClN3O. The Morgan fingerprint density at radius 1 is 0.909 bits per heavy atom. The molecule has 168 valence electrons. The van der Waals surface area contributed by atoms with E-state index in [9.17, 15) is 4.79 Å². The molecule has 0 aliphatic heterocycles. The van der Waals surface area contributed by atoms with Crippen LogP contribution in [0, 0.1) is 0 Å². The van der Waals surface area contributed by atoms with Gasteiger partial charge in [-0.3, -0.25) is 4.79 Å². The van der Waals surface area contributed by atoms with Crippen molar-refractivity contribution in [2.45, 2.75) is 51.2 Å². The molecule has 4 nitrogen and oxygen atoms in total. The lowest BCUT2D eigenvalue weighted by molar-refractivity contribution is -0.135. The van der Waals surface area contributed by atoms with Crippen molar-refractivity contribution in [1.29, 1.82) is 0 Å². The number of carbonyl (C=O) groups is 1. The van der Waals surface area contributed by atoms with E-state index in [2.05, 4.69) is 21.6 Å². The molecule has 1 amide bonds. The minimum Gasteiger partial charge on any atom is -0.334 e. The number of fused-ring (bicyclic) bond motifs is 1. The Morgan fingerprint density at radius 3 is 2.36 bits per heavy atom. The molecule has 33 heavy (non-hydrogen) atoms. The Morgan fingerprint density at radius 2 is 1.61 bits per heavy atom. The molecular weight excluding hydrogens is 430 g/mol. The largest absolute Gasteiger partial charge is 0.334 e. The summed E-state index contributed by atoms with van der Waals surface area (Å²) in [5, 5.41) is 0.684. The van der Waals surface area contributed by atoms with Crippen molar-refractivity contribution in [3.8, 4) is 11.4 Å². The third-order valence-electron chi connectivity index (χ3n) is 6.58. The molecule has 5 heteroatoms. The number of amides is 1. The van der Waals surface area contributed by atoms with Crippen LogP contribution in [0.4, 0.5) is 0 Å². The topological polar surface area (TPSA) is 38.1 Å². The molecule has 5 rings (SSSR count). The van der Waals surface area contributed by atoms with Crippen molar-refractivity contribution in [2.24, 2.45) is 0 Å². The van der Waals surface area contributed by atoms with E-state index in [0.717, 1.165) is 35.3 Å². The number of carbonyl (C=O) groups excluding carboxylic acids is 1. The second kappa shape index (κ2) is 9.80. The van der Waals surface area contributed by atoms with Gasteiger partial charge in [-0.1, -0.05) is 73.3 Å². The standard InChI is InChI=1S/C28H28ClN3O/c29-23-17-15-22(16-18-23)28-30-25-13-7-8-14-26(25)32(28)20-27(33)31(24-11-5-2-6-12-24)19-21-9-3-1-4-10-21/h1,3-4,7-10,13-18,24H,2,5-6,11-12,19-20H2. The number of para-hydroxylation sites is 2. The van der Waals surface area contributed by atoms with Gasteiger partial charge < -0.3 is 9.47 Å². The number of imidazole rings is 1. The van der Waals surface area contributed by atoms with Crippen LogP contribution in [0.1, 0.15) is 37.7 Å². The highest BCUT2D eigenvalue weighted by Gasteiger charge is 2.27. The van der Waals surface area contributed by atoms with Gasteiger partial charge in [0.2, 0.25) is 5.91 Å². The van der Waals surface area contributed by atoms with E-state index in [4.69, 9.17) is 16.6 Å². The molecule has 0 bridgehead atoms. The number of aromatic nitrogens is 2. The lowest BCUT2D eigenvalue weighted by Gasteiger charge is -2.35. The Balaban J connectivity index is 1.50. The van der Waals surface area contributed by atoms with E-state index >= 15 is 0 Å². The van der Waals surface area contributed by atoms with Crippen LogP contribution in [0.5, 0.6) is 0 Å². The number of hydrogen-bond donors (Lipinski definition) is 0. The highest BCUT2D eigenvalue weighted by Crippen LogP contribution is 2.28. The fraction of sp³-hybridized carbons (Fsp3) is 0.286. The van der Waals surface area contributed by atoms with Crippen LogP contribution in [-0.4, -0.2) is 26.4 Å². The SMILES string of the molecule is O=C(Cn1c(-c2ccc(Cl)cc2)nc2ccccc21)N(Cc1ccccc1)C1CCCCC1. The van der Waals surface area contributed by atoms with Crippen LogP contribution in [0.3, 0.4) is 0 Å². The van der Waals surface area contributed by atoms with Gasteiger partial charge in [0, 0.05) is 23.2 Å². The minimum absolute atomic E-state index is 0.143. The zero-order valence-corrected chi connectivity index (χ0v) is 19.4. The monoisotopic (exact) mass is 457 g/mol. The van der Waals surface area contributed by atoms with E-state index in [0.29, 0.717) is 17.6 Å². The molecule has 0 N–H and O–H groups in total. The molecule has 1 heterocycles. The fourth-order valence-electron chi connectivity index (χ4n) is 4.87. The first-order valence-electron chi connectivity index (χ1n) is 11.7. The Labute approximate surface area is 199 Å². The maximum Gasteiger partial charge on any atom is 0.243 e. The van der Waals surface area contributed by atoms with Crippen LogP contribution in [0.25, 0.3) is 22.4 Å². The highest BCUT2D eigenvalue weighted by molar-refractivity contribution is 6.30. The number of rotatable bonds is 6. The quantitative estimate of drug-likeness (QED) is 0.322. The highest BCUT2D eigenvalue weighted by atomic mass is 35.5. The smallest absolute Gasteiger partial charge is 0.243 e. The van der Waals surface area contributed by atoms with Crippen LogP contribution < -0.4 is 0 Å². The summed E-state index contributed by atoms with van der Waals surface area (Å²) in [6.07, 6.45) is 5.79. The second-order valence-electron chi connectivity index (χ2n) is 8.82. The second-order valence-corrected chi connectivity index (χ2v) is 9.25. The fourth-order valence-corrected chi connectivity index (χ4v) is 5.00. The molecule has 0 atom stereocenters. The Kier molecular flexibility index (Phi) is 6.45. The Bertz CT molecular complexity index is 1230. The maximum atomic E-state index is 13.9. The van der Waals surface area contributed by atoms with Crippen molar-refractivity contribution < 1.29 is 4.79 Å². The van der Waals surface area contributed by atoms with Crippen LogP contribution in [0.2, 0.25) is 5.02 Å². The molecule has 1 aliphatic rings. The zero-order chi connectivity index (χ0) is 22.6. The summed E-state index contributed by atoms with van der Waals surface area (Å²) in [7, 11) is 0. The summed E-state index contributed by atoms with van der Waals surface area (Å²) in [6, 6.07) is 26.3. The third-order valence-corrected chi connectivity index (χ3v) is 6.83. The lowest BCUT2D eigenvalue weighted by Crippen LogP contribution is -2.42. The average molecular weight is 458 g/mol. The van der Waals surface area contributed by atoms with Gasteiger partial charge in [-0.2, -0.15) is 0 Å². The maximum absolute atomic E-state index is 13.9. The number of nitrogens with zero attached hydrogens (tertiary/aromatic N) is 3. The number of benzene rings is 3. The minimum atomic E-state index is 0.143. The summed E-state index contributed by atoms with van der Waals surface area (Å²) in [6.45, 7) is 0.912. The van der Waals surface area contributed by atoms with Crippen molar-refractivity contribution in [3.05, 3.63) is 89.4 Å². The van der Waals surface area contributed by atoms with E-state index in [-0.39, 0.29) is 12.5 Å². The van der Waals surface area contributed by atoms with Gasteiger partial charge >= 0.3 is 0 Å². The lowest BCUT2D eigenvalue weighted by atomic mass is 9.93. The molecule has 1 aliphatic carbocycles. The first-order valence-corrected chi connectivity index (χ1v) is 12.1. The van der Waals surface area contributed by atoms with Crippen LogP contribution in [0.15, 0.2) is 78.9 Å². The summed E-state index contributed by atoms with van der Waals surface area (Å²) < 4.78 is 2.06. The summed E-state index contributed by atoms with van der Waals surface area (Å²) >= 11 is 6.12. The van der Waals surface area contributed by atoms with Crippen LogP contribution >= 0.6 is 11.6 Å². The van der Waals surface area contributed by atoms with Gasteiger partial charge in [0.05, 0.1) is 11.0 Å². The van der Waals surface area contributed by atoms with Crippen molar-refractivity contribution in [1.82, 2.24) is 14.5 Å². The van der Waals surface area contributed by atoms with E-state index in [1.165, 1.54) is 24.8 Å². The average Bonchev–Trinajstić information content (AvgIpc) is 3.22. The first-order chi connectivity index (χ1) is 16.2. The summed E-state index contributed by atoms with van der Waals surface area (Å²) in [5.74, 6) is 0.939. The predicted octanol–water partition coefficient (Wildman–Crippen LogP) is 6.72. The molecule has 1 saturated carbocycles. The van der Waals surface area contributed by atoms with E-state index < -0.39 is 0 Å². The zero-order valence-electron chi connectivity index (χ0n) is 18.7. The predicted molar refractivity (Wildman–Crippen MR) is 134 cm³/mol. The molecule has 0 saturated heterocycles. The molecule has 0 unspecified atom stereocenters. The van der Waals surface area contributed by atoms with Gasteiger partial charge in [-0.05, 0) is 54.8 Å².